The second kappa shape index (κ2) is 18.9. The quantitative estimate of drug-likeness (QED) is 0.150. The second-order valence-corrected chi connectivity index (χ2v) is 5.33. The Morgan fingerprint density at radius 3 is 1.29 bits per heavy atom. The first-order valence-electron chi connectivity index (χ1n) is 6.75. The number of carbonyl (C=O) groups excluding carboxylic acids is 2. The molecular formula is C10H22Cl4N6O4. The van der Waals surface area contributed by atoms with Gasteiger partial charge >= 0.3 is 12.1 Å². The largest absolute Gasteiger partial charge is 0.609 e. The number of hydrogen-bond donors (Lipinski definition) is 4. The molecule has 144 valence electrons. The van der Waals surface area contributed by atoms with Gasteiger partial charge < -0.3 is 21.0 Å². The number of hydrogen-bond acceptors (Lipinski definition) is 4. The van der Waals surface area contributed by atoms with E-state index in [4.69, 9.17) is 46.4 Å². The predicted octanol–water partition coefficient (Wildman–Crippen LogP) is -1.10. The van der Waals surface area contributed by atoms with Crippen LogP contribution in [0.15, 0.2) is 0 Å². The van der Waals surface area contributed by atoms with E-state index in [1.807, 2.05) is 0 Å². The number of carbonyl (C=O) groups is 2. The molecule has 0 fully saturated rings. The molecule has 14 heteroatoms. The lowest BCUT2D eigenvalue weighted by molar-refractivity contribution is -0.731. The first-order chi connectivity index (χ1) is 11.5. The van der Waals surface area contributed by atoms with Crippen LogP contribution in [0.2, 0.25) is 0 Å². The SMILES string of the molecule is O=C(NCCCl)N(CCCl)[NH2+][O-].O=C(NCCCl)N(CCCl)[NH2+][O-]. The van der Waals surface area contributed by atoms with Crippen molar-refractivity contribution in [3.63, 3.8) is 0 Å². The van der Waals surface area contributed by atoms with Gasteiger partial charge in [-0.05, 0) is 0 Å². The summed E-state index contributed by atoms with van der Waals surface area (Å²) in [5, 5.41) is 27.3. The van der Waals surface area contributed by atoms with E-state index in [0.717, 1.165) is 10.0 Å². The Morgan fingerprint density at radius 1 is 0.750 bits per heavy atom. The topological polar surface area (TPSA) is 144 Å². The van der Waals surface area contributed by atoms with E-state index in [1.165, 1.54) is 0 Å². The molecule has 0 saturated carbocycles. The van der Waals surface area contributed by atoms with Crippen LogP contribution in [0.4, 0.5) is 9.59 Å². The summed E-state index contributed by atoms with van der Waals surface area (Å²) in [5.74, 6) is 1.10. The predicted molar refractivity (Wildman–Crippen MR) is 93.7 cm³/mol. The van der Waals surface area contributed by atoms with Gasteiger partial charge in [0.15, 0.2) is 0 Å². The van der Waals surface area contributed by atoms with E-state index < -0.39 is 12.1 Å². The van der Waals surface area contributed by atoms with Gasteiger partial charge in [0, 0.05) is 36.6 Å². The number of rotatable bonds is 10. The molecule has 6 N–H and O–H groups in total. The Labute approximate surface area is 160 Å². The molecule has 0 spiro atoms. The summed E-state index contributed by atoms with van der Waals surface area (Å²) in [6.45, 7) is 1.10. The van der Waals surface area contributed by atoms with Crippen LogP contribution in [0.3, 0.4) is 0 Å². The van der Waals surface area contributed by atoms with Crippen LogP contribution in [0, 0.1) is 10.4 Å². The smallest absolute Gasteiger partial charge is 0.361 e. The summed E-state index contributed by atoms with van der Waals surface area (Å²) in [7, 11) is 0. The number of nitrogens with zero attached hydrogens (tertiary/aromatic N) is 2. The van der Waals surface area contributed by atoms with Crippen LogP contribution in [-0.4, -0.2) is 71.8 Å². The molecule has 10 nitrogen and oxygen atoms in total. The number of quaternary nitrogens is 2. The maximum Gasteiger partial charge on any atom is 0.361 e. The summed E-state index contributed by atoms with van der Waals surface area (Å²) in [5.41, 5.74) is 0.873. The van der Waals surface area contributed by atoms with E-state index in [0.29, 0.717) is 36.0 Å². The van der Waals surface area contributed by atoms with Crippen molar-refractivity contribution in [3.8, 4) is 0 Å². The summed E-state index contributed by atoms with van der Waals surface area (Å²) >= 11 is 21.3. The third-order valence-electron chi connectivity index (χ3n) is 2.17. The third kappa shape index (κ3) is 13.9. The minimum absolute atomic E-state index is 0.208. The van der Waals surface area contributed by atoms with E-state index in [9.17, 15) is 20.0 Å². The van der Waals surface area contributed by atoms with Gasteiger partial charge in [0.1, 0.15) is 0 Å². The number of nitrogens with one attached hydrogen (secondary N) is 2. The third-order valence-corrected chi connectivity index (χ3v) is 2.88. The lowest BCUT2D eigenvalue weighted by Crippen LogP contribution is -2.90. The maximum atomic E-state index is 11.0. The second-order valence-electron chi connectivity index (χ2n) is 3.82. The molecule has 0 aromatic heterocycles. The molecule has 0 aliphatic heterocycles. The zero-order valence-electron chi connectivity index (χ0n) is 12.9. The number of alkyl halides is 4. The van der Waals surface area contributed by atoms with Crippen LogP contribution < -0.4 is 21.8 Å². The Hall–Kier alpha value is -0.460. The average molecular weight is 432 g/mol. The van der Waals surface area contributed by atoms with Gasteiger partial charge in [0.25, 0.3) is 0 Å². The van der Waals surface area contributed by atoms with E-state index in [2.05, 4.69) is 10.6 Å². The molecule has 0 heterocycles. The van der Waals surface area contributed by atoms with Crippen LogP contribution in [0.1, 0.15) is 0 Å². The Morgan fingerprint density at radius 2 is 1.08 bits per heavy atom. The van der Waals surface area contributed by atoms with Crippen molar-refractivity contribution in [2.75, 3.05) is 49.7 Å². The molecule has 0 aromatic carbocycles. The normalized spacial score (nSPS) is 9.58. The molecule has 0 radical (unpaired) electrons. The molecular weight excluding hydrogens is 410 g/mol. The lowest BCUT2D eigenvalue weighted by Gasteiger charge is -2.19. The zero-order chi connectivity index (χ0) is 18.8. The standard InChI is InChI=1S/2C5H11Cl2N3O2/c2*6-1-3-8-5(11)10(9-12)4-2-7/h2*1-4,9H2,(H,8,11). The first kappa shape index (κ1) is 25.8. The molecule has 0 rings (SSSR count). The highest BCUT2D eigenvalue weighted by molar-refractivity contribution is 6.18. The number of nitrogens with two attached hydrogens (primary N) is 2. The Bertz CT molecular complexity index is 302. The lowest BCUT2D eigenvalue weighted by atomic mass is 10.6. The maximum absolute atomic E-state index is 11.0. The Balaban J connectivity index is 0. The van der Waals surface area contributed by atoms with Crippen LogP contribution in [0.5, 0.6) is 0 Å². The average Bonchev–Trinajstić information content (AvgIpc) is 2.60. The molecule has 0 atom stereocenters. The van der Waals surface area contributed by atoms with Crippen molar-refractivity contribution < 1.29 is 20.8 Å². The van der Waals surface area contributed by atoms with Crippen LogP contribution in [-0.2, 0) is 0 Å². The van der Waals surface area contributed by atoms with Crippen LogP contribution >= 0.6 is 46.4 Å². The molecule has 0 bridgehead atoms. The van der Waals surface area contributed by atoms with Gasteiger partial charge in [0.05, 0.1) is 13.1 Å². The minimum atomic E-state index is -0.466. The van der Waals surface area contributed by atoms with E-state index >= 15 is 0 Å². The number of urea groups is 2. The summed E-state index contributed by atoms with van der Waals surface area (Å²) in [6.07, 6.45) is 0. The fourth-order valence-electron chi connectivity index (χ4n) is 1.10. The fourth-order valence-corrected chi connectivity index (χ4v) is 1.65. The van der Waals surface area contributed by atoms with E-state index in [-0.39, 0.29) is 24.8 Å². The molecule has 0 saturated heterocycles. The van der Waals surface area contributed by atoms with Gasteiger partial charge in [-0.15, -0.1) is 46.4 Å². The van der Waals surface area contributed by atoms with Crippen molar-refractivity contribution >= 4 is 58.5 Å². The molecule has 4 amide bonds. The first-order valence-corrected chi connectivity index (χ1v) is 8.89. The van der Waals surface area contributed by atoms with Crippen molar-refractivity contribution in [2.24, 2.45) is 0 Å². The zero-order valence-corrected chi connectivity index (χ0v) is 15.9. The molecule has 0 aromatic rings. The monoisotopic (exact) mass is 430 g/mol. The van der Waals surface area contributed by atoms with Crippen molar-refractivity contribution in [3.05, 3.63) is 10.4 Å². The van der Waals surface area contributed by atoms with Gasteiger partial charge in [-0.25, -0.2) is 9.59 Å². The summed E-state index contributed by atoms with van der Waals surface area (Å²) in [6, 6.07) is -0.933. The van der Waals surface area contributed by atoms with Crippen LogP contribution in [0.25, 0.3) is 0 Å². The highest BCUT2D eigenvalue weighted by atomic mass is 35.5. The molecule has 0 unspecified atom stereocenters. The van der Waals surface area contributed by atoms with Crippen molar-refractivity contribution in [1.82, 2.24) is 20.7 Å². The van der Waals surface area contributed by atoms with E-state index in [1.54, 1.807) is 0 Å². The highest BCUT2D eigenvalue weighted by Crippen LogP contribution is 1.83. The Kier molecular flexibility index (Phi) is 20.3. The van der Waals surface area contributed by atoms with Gasteiger partial charge in [-0.3, -0.25) is 11.2 Å². The number of amides is 4. The summed E-state index contributed by atoms with van der Waals surface area (Å²) in [4.78, 5) is 22.0. The summed E-state index contributed by atoms with van der Waals surface area (Å²) < 4.78 is 0. The fraction of sp³-hybridized carbons (Fsp3) is 0.800. The van der Waals surface area contributed by atoms with Gasteiger partial charge in [0.2, 0.25) is 0 Å². The molecule has 24 heavy (non-hydrogen) atoms. The van der Waals surface area contributed by atoms with Gasteiger partial charge in [-0.1, -0.05) is 0 Å². The highest BCUT2D eigenvalue weighted by Gasteiger charge is 2.11. The van der Waals surface area contributed by atoms with Crippen molar-refractivity contribution in [2.45, 2.75) is 0 Å². The molecule has 0 aliphatic carbocycles. The van der Waals surface area contributed by atoms with Gasteiger partial charge in [-0.2, -0.15) is 10.0 Å². The molecule has 0 aliphatic rings. The minimum Gasteiger partial charge on any atom is -0.609 e. The van der Waals surface area contributed by atoms with Crippen molar-refractivity contribution in [1.29, 1.82) is 0 Å². The number of halogens is 4.